The fourth-order valence-electron chi connectivity index (χ4n) is 2.31. The van der Waals surface area contributed by atoms with E-state index in [0.29, 0.717) is 17.0 Å². The lowest BCUT2D eigenvalue weighted by atomic mass is 9.95. The molecule has 0 aliphatic carbocycles. The van der Waals surface area contributed by atoms with Crippen molar-refractivity contribution >= 4 is 17.9 Å². The van der Waals surface area contributed by atoms with Crippen molar-refractivity contribution in [2.75, 3.05) is 13.7 Å². The lowest BCUT2D eigenvalue weighted by Crippen LogP contribution is -2.45. The number of esters is 1. The molecular formula is C15H17N3O5. The molecule has 122 valence electrons. The van der Waals surface area contributed by atoms with Crippen molar-refractivity contribution < 1.29 is 23.9 Å². The van der Waals surface area contributed by atoms with Gasteiger partial charge in [0, 0.05) is 11.3 Å². The van der Waals surface area contributed by atoms with Crippen LogP contribution in [0.5, 0.6) is 5.75 Å². The van der Waals surface area contributed by atoms with Crippen LogP contribution in [0.1, 0.15) is 18.5 Å². The summed E-state index contributed by atoms with van der Waals surface area (Å²) in [6, 6.07) is 5.52. The molecule has 0 saturated heterocycles. The number of carbonyl (C=O) groups is 3. The van der Waals surface area contributed by atoms with Crippen molar-refractivity contribution in [3.8, 4) is 5.75 Å². The van der Waals surface area contributed by atoms with Crippen LogP contribution in [0.15, 0.2) is 35.5 Å². The highest BCUT2D eigenvalue weighted by molar-refractivity contribution is 5.95. The Bertz CT molecular complexity index is 683. The Morgan fingerprint density at radius 1 is 1.30 bits per heavy atom. The minimum atomic E-state index is -0.764. The molecule has 1 aliphatic heterocycles. The second-order valence-electron chi connectivity index (χ2n) is 4.85. The van der Waals surface area contributed by atoms with Gasteiger partial charge in [0.15, 0.2) is 6.61 Å². The standard InChI is InChI=1S/C15H17N3O5/c1-8-12(14(20)22-2)13(18-15(21)17-8)9-5-3-4-6-10(9)23-7-11(16)19/h3-6,13H,7H2,1-2H3,(H2,16,19)(H2,17,18,21). The van der Waals surface area contributed by atoms with E-state index in [9.17, 15) is 14.4 Å². The van der Waals surface area contributed by atoms with Gasteiger partial charge in [-0.05, 0) is 13.0 Å². The third kappa shape index (κ3) is 3.60. The Labute approximate surface area is 132 Å². The average Bonchev–Trinajstić information content (AvgIpc) is 2.51. The van der Waals surface area contributed by atoms with Crippen molar-refractivity contribution in [1.82, 2.24) is 10.6 Å². The van der Waals surface area contributed by atoms with Gasteiger partial charge in [-0.3, -0.25) is 4.79 Å². The number of amides is 3. The summed E-state index contributed by atoms with van der Waals surface area (Å²) in [5.74, 6) is -0.869. The molecule has 8 heteroatoms. The molecule has 0 saturated carbocycles. The third-order valence-electron chi connectivity index (χ3n) is 3.27. The predicted octanol–water partition coefficient (Wildman–Crippen LogP) is 0.352. The molecule has 0 fully saturated rings. The molecule has 1 heterocycles. The number of carbonyl (C=O) groups excluding carboxylic acids is 3. The van der Waals surface area contributed by atoms with Crippen LogP contribution in [-0.4, -0.2) is 31.6 Å². The van der Waals surface area contributed by atoms with Gasteiger partial charge in [0.2, 0.25) is 0 Å². The number of ether oxygens (including phenoxy) is 2. The van der Waals surface area contributed by atoms with E-state index in [0.717, 1.165) is 0 Å². The minimum Gasteiger partial charge on any atom is -0.483 e. The number of nitrogens with one attached hydrogen (secondary N) is 2. The Kier molecular flexibility index (Phi) is 4.85. The van der Waals surface area contributed by atoms with Crippen LogP contribution in [0.2, 0.25) is 0 Å². The molecule has 2 rings (SSSR count). The average molecular weight is 319 g/mol. The van der Waals surface area contributed by atoms with Gasteiger partial charge >= 0.3 is 12.0 Å². The molecule has 1 atom stereocenters. The molecule has 1 aromatic rings. The van der Waals surface area contributed by atoms with Crippen LogP contribution in [-0.2, 0) is 14.3 Å². The summed E-state index contributed by atoms with van der Waals surface area (Å²) in [4.78, 5) is 34.7. The van der Waals surface area contributed by atoms with E-state index < -0.39 is 23.9 Å². The summed E-state index contributed by atoms with van der Waals surface area (Å²) in [6.07, 6.45) is 0. The summed E-state index contributed by atoms with van der Waals surface area (Å²) in [6.45, 7) is 1.29. The fourth-order valence-corrected chi connectivity index (χ4v) is 2.31. The molecule has 0 spiro atoms. The number of para-hydroxylation sites is 1. The van der Waals surface area contributed by atoms with Gasteiger partial charge in [-0.2, -0.15) is 0 Å². The largest absolute Gasteiger partial charge is 0.483 e. The van der Waals surface area contributed by atoms with E-state index in [4.69, 9.17) is 15.2 Å². The molecule has 1 aliphatic rings. The normalized spacial score (nSPS) is 17.1. The summed E-state index contributed by atoms with van der Waals surface area (Å²) >= 11 is 0. The number of benzene rings is 1. The van der Waals surface area contributed by atoms with Crippen molar-refractivity contribution in [2.45, 2.75) is 13.0 Å². The van der Waals surface area contributed by atoms with Crippen LogP contribution < -0.4 is 21.1 Å². The quantitative estimate of drug-likeness (QED) is 0.677. The number of allylic oxidation sites excluding steroid dienone is 1. The van der Waals surface area contributed by atoms with E-state index in [1.807, 2.05) is 0 Å². The van der Waals surface area contributed by atoms with Gasteiger partial charge in [0.05, 0.1) is 18.7 Å². The number of hydrogen-bond donors (Lipinski definition) is 3. The lowest BCUT2D eigenvalue weighted by Gasteiger charge is -2.28. The Morgan fingerprint density at radius 3 is 2.65 bits per heavy atom. The van der Waals surface area contributed by atoms with E-state index in [1.54, 1.807) is 31.2 Å². The number of rotatable bonds is 5. The molecule has 4 N–H and O–H groups in total. The first-order chi connectivity index (χ1) is 10.9. The van der Waals surface area contributed by atoms with Crippen molar-refractivity contribution in [2.24, 2.45) is 5.73 Å². The Hall–Kier alpha value is -3.03. The summed E-state index contributed by atoms with van der Waals surface area (Å²) < 4.78 is 10.1. The van der Waals surface area contributed by atoms with Crippen LogP contribution >= 0.6 is 0 Å². The maximum absolute atomic E-state index is 12.1. The molecule has 8 nitrogen and oxygen atoms in total. The highest BCUT2D eigenvalue weighted by Crippen LogP contribution is 2.33. The van der Waals surface area contributed by atoms with Crippen molar-refractivity contribution in [3.05, 3.63) is 41.1 Å². The van der Waals surface area contributed by atoms with Crippen molar-refractivity contribution in [1.29, 1.82) is 0 Å². The number of nitrogens with two attached hydrogens (primary N) is 1. The highest BCUT2D eigenvalue weighted by Gasteiger charge is 2.33. The van der Waals surface area contributed by atoms with E-state index in [-0.39, 0.29) is 12.2 Å². The topological polar surface area (TPSA) is 120 Å². The minimum absolute atomic E-state index is 0.252. The lowest BCUT2D eigenvalue weighted by molar-refractivity contribution is -0.136. The number of methoxy groups -OCH3 is 1. The van der Waals surface area contributed by atoms with Crippen molar-refractivity contribution in [3.63, 3.8) is 0 Å². The van der Waals surface area contributed by atoms with Gasteiger partial charge in [0.25, 0.3) is 5.91 Å². The van der Waals surface area contributed by atoms with Crippen LogP contribution in [0.4, 0.5) is 4.79 Å². The van der Waals surface area contributed by atoms with Crippen LogP contribution in [0.25, 0.3) is 0 Å². The van der Waals surface area contributed by atoms with Crippen LogP contribution in [0.3, 0.4) is 0 Å². The SMILES string of the molecule is COC(=O)C1=C(C)NC(=O)NC1c1ccccc1OCC(N)=O. The molecule has 1 unspecified atom stereocenters. The predicted molar refractivity (Wildman–Crippen MR) is 80.3 cm³/mol. The molecular weight excluding hydrogens is 302 g/mol. The zero-order valence-electron chi connectivity index (χ0n) is 12.7. The Balaban J connectivity index is 2.46. The number of urea groups is 1. The second kappa shape index (κ2) is 6.82. The van der Waals surface area contributed by atoms with E-state index in [1.165, 1.54) is 7.11 Å². The van der Waals surface area contributed by atoms with Gasteiger partial charge in [0.1, 0.15) is 5.75 Å². The first-order valence-corrected chi connectivity index (χ1v) is 6.80. The van der Waals surface area contributed by atoms with E-state index in [2.05, 4.69) is 10.6 Å². The van der Waals surface area contributed by atoms with Crippen LogP contribution in [0, 0.1) is 0 Å². The number of hydrogen-bond acceptors (Lipinski definition) is 5. The molecule has 23 heavy (non-hydrogen) atoms. The smallest absolute Gasteiger partial charge is 0.337 e. The Morgan fingerprint density at radius 2 is 2.00 bits per heavy atom. The molecule has 0 radical (unpaired) electrons. The third-order valence-corrected chi connectivity index (χ3v) is 3.27. The molecule has 1 aromatic carbocycles. The molecule has 3 amide bonds. The van der Waals surface area contributed by atoms with Gasteiger partial charge in [-0.25, -0.2) is 9.59 Å². The van der Waals surface area contributed by atoms with Gasteiger partial charge in [-0.1, -0.05) is 18.2 Å². The fraction of sp³-hybridized carbons (Fsp3) is 0.267. The first-order valence-electron chi connectivity index (χ1n) is 6.80. The monoisotopic (exact) mass is 319 g/mol. The maximum Gasteiger partial charge on any atom is 0.337 e. The summed E-state index contributed by atoms with van der Waals surface area (Å²) in [7, 11) is 1.26. The van der Waals surface area contributed by atoms with Gasteiger partial charge < -0.3 is 25.8 Å². The zero-order chi connectivity index (χ0) is 17.0. The molecule has 0 aromatic heterocycles. The van der Waals surface area contributed by atoms with Gasteiger partial charge in [-0.15, -0.1) is 0 Å². The maximum atomic E-state index is 12.1. The number of primary amides is 1. The summed E-state index contributed by atoms with van der Waals surface area (Å²) in [5, 5.41) is 5.18. The zero-order valence-corrected chi connectivity index (χ0v) is 12.7. The first kappa shape index (κ1) is 16.3. The molecule has 0 bridgehead atoms. The highest BCUT2D eigenvalue weighted by atomic mass is 16.5. The second-order valence-corrected chi connectivity index (χ2v) is 4.85. The van der Waals surface area contributed by atoms with E-state index >= 15 is 0 Å². The summed E-state index contributed by atoms with van der Waals surface area (Å²) in [5.41, 5.74) is 6.24.